The number of esters is 2. The van der Waals surface area contributed by atoms with Crippen molar-refractivity contribution in [3.05, 3.63) is 120 Å². The van der Waals surface area contributed by atoms with Gasteiger partial charge in [0, 0.05) is 66.3 Å². The molecule has 2 aromatic heterocycles. The summed E-state index contributed by atoms with van der Waals surface area (Å²) in [6.07, 6.45) is 4.15. The fraction of sp³-hybridized carbons (Fsp3) is 0.389. The van der Waals surface area contributed by atoms with E-state index in [4.69, 9.17) is 25.7 Å². The number of carbonyl (C=O) groups excluding carboxylic acids is 4. The number of carboxylic acids is 1. The molecule has 0 spiro atoms. The van der Waals surface area contributed by atoms with E-state index in [1.165, 1.54) is 0 Å². The maximum absolute atomic E-state index is 12.8. The molecular weight excluding hydrogens is 891 g/mol. The summed E-state index contributed by atoms with van der Waals surface area (Å²) in [7, 11) is 3.66. The molecule has 7 N–H and O–H groups in total. The summed E-state index contributed by atoms with van der Waals surface area (Å²) in [5.41, 5.74) is 18.9. The van der Waals surface area contributed by atoms with Gasteiger partial charge >= 0.3 is 24.0 Å². The third-order valence-corrected chi connectivity index (χ3v) is 13.8. The molecule has 6 aromatic rings. The first-order valence-electron chi connectivity index (χ1n) is 24.1. The number of hydrogen-bond acceptors (Lipinski definition) is 11. The summed E-state index contributed by atoms with van der Waals surface area (Å²) in [6, 6.07) is 31.0. The number of likely N-dealkylation sites (tertiary alicyclic amines) is 1. The molecular formula is C54H65N7O9. The highest BCUT2D eigenvalue weighted by Crippen LogP contribution is 2.44. The third kappa shape index (κ3) is 11.0. The molecule has 1 saturated heterocycles. The van der Waals surface area contributed by atoms with E-state index in [0.717, 1.165) is 83.0 Å². The summed E-state index contributed by atoms with van der Waals surface area (Å²) >= 11 is 0. The first kappa shape index (κ1) is 50.7. The average Bonchev–Trinajstić information content (AvgIpc) is 3.99. The summed E-state index contributed by atoms with van der Waals surface area (Å²) in [4.78, 5) is 62.9. The van der Waals surface area contributed by atoms with Crippen LogP contribution in [0.15, 0.2) is 97.1 Å². The molecule has 2 amide bonds. The molecule has 2 fully saturated rings. The highest BCUT2D eigenvalue weighted by atomic mass is 16.6. The van der Waals surface area contributed by atoms with Crippen molar-refractivity contribution in [2.24, 2.45) is 19.8 Å². The number of nitrogens with zero attached hydrogens (tertiary/aromatic N) is 3. The van der Waals surface area contributed by atoms with Crippen LogP contribution in [0, 0.1) is 0 Å². The average molecular weight is 956 g/mol. The Morgan fingerprint density at radius 1 is 0.686 bits per heavy atom. The van der Waals surface area contributed by atoms with E-state index in [9.17, 15) is 29.1 Å². The molecule has 1 saturated carbocycles. The van der Waals surface area contributed by atoms with Crippen molar-refractivity contribution in [2.45, 2.75) is 82.7 Å². The fourth-order valence-corrected chi connectivity index (χ4v) is 9.73. The summed E-state index contributed by atoms with van der Waals surface area (Å²) in [5, 5.41) is 17.0. The van der Waals surface area contributed by atoms with Crippen LogP contribution in [-0.4, -0.2) is 99.6 Å². The van der Waals surface area contributed by atoms with Crippen molar-refractivity contribution in [1.82, 2.24) is 19.4 Å². The standard InChI is InChI=1S/C22H23NO4.C20H28N4O3.C12H14N2O2/c24-20(25)22(12-6-1-7-13-22)23-21(26)27-14-19-17-10-4-2-8-15(17)16-9-3-5-11-18(16)19;1-4-24-10-8-20(21,9-11-24)19(26)22-15-6-7-16-14(12-15)13-17(23(16)3)18(25)27-5-2;1-3-16-12(15)11-7-8-6-9(13)4-5-10(8)14(11)2/h2-5,8-11,19H,1,6-7,12-14H2,(H,23,26)(H,24,25);6-7,12-13H,4-5,8-11,21H2,1-3H3,(H,22,26);4-7H,3,13H2,1-2H3. The van der Waals surface area contributed by atoms with Gasteiger partial charge in [0.2, 0.25) is 5.91 Å². The van der Waals surface area contributed by atoms with Gasteiger partial charge in [-0.05, 0) is 117 Å². The molecule has 2 aliphatic carbocycles. The van der Waals surface area contributed by atoms with E-state index in [1.807, 2.05) is 79.3 Å². The second kappa shape index (κ2) is 22.1. The zero-order valence-corrected chi connectivity index (χ0v) is 40.7. The molecule has 0 atom stereocenters. The lowest BCUT2D eigenvalue weighted by Gasteiger charge is -2.37. The predicted octanol–water partition coefficient (Wildman–Crippen LogP) is 8.36. The highest BCUT2D eigenvalue weighted by molar-refractivity contribution is 6.01. The number of nitrogens with one attached hydrogen (secondary N) is 2. The van der Waals surface area contributed by atoms with Gasteiger partial charge in [-0.25, -0.2) is 19.2 Å². The molecule has 3 aliphatic rings. The predicted molar refractivity (Wildman–Crippen MR) is 271 cm³/mol. The first-order valence-corrected chi connectivity index (χ1v) is 24.1. The topological polar surface area (TPSA) is 222 Å². The van der Waals surface area contributed by atoms with Crippen molar-refractivity contribution in [1.29, 1.82) is 0 Å². The number of aromatic nitrogens is 2. The first-order chi connectivity index (χ1) is 33.6. The Hall–Kier alpha value is -7.17. The molecule has 70 heavy (non-hydrogen) atoms. The van der Waals surface area contributed by atoms with Crippen molar-refractivity contribution in [2.75, 3.05) is 50.5 Å². The molecule has 16 heteroatoms. The van der Waals surface area contributed by atoms with E-state index < -0.39 is 23.1 Å². The van der Waals surface area contributed by atoms with E-state index >= 15 is 0 Å². The van der Waals surface area contributed by atoms with Gasteiger partial charge in [0.05, 0.1) is 18.8 Å². The largest absolute Gasteiger partial charge is 0.480 e. The normalized spacial score (nSPS) is 15.8. The van der Waals surface area contributed by atoms with Crippen LogP contribution < -0.4 is 22.1 Å². The number of anilines is 2. The molecule has 0 bridgehead atoms. The third-order valence-electron chi connectivity index (χ3n) is 13.8. The smallest absolute Gasteiger partial charge is 0.408 e. The van der Waals surface area contributed by atoms with E-state index in [-0.39, 0.29) is 30.4 Å². The number of hydrogen-bond donors (Lipinski definition) is 5. The second-order valence-electron chi connectivity index (χ2n) is 18.2. The minimum Gasteiger partial charge on any atom is -0.480 e. The lowest BCUT2D eigenvalue weighted by atomic mass is 9.82. The Kier molecular flexibility index (Phi) is 16.0. The number of alkyl carbamates (subject to hydrolysis) is 1. The lowest BCUT2D eigenvalue weighted by molar-refractivity contribution is -0.146. The van der Waals surface area contributed by atoms with Gasteiger partial charge in [0.25, 0.3) is 0 Å². The van der Waals surface area contributed by atoms with E-state index in [0.29, 0.717) is 61.7 Å². The minimum absolute atomic E-state index is 0.0321. The summed E-state index contributed by atoms with van der Waals surface area (Å²) in [6.45, 7) is 9.23. The van der Waals surface area contributed by atoms with Gasteiger partial charge in [-0.3, -0.25) is 4.79 Å². The van der Waals surface area contributed by atoms with Crippen LogP contribution in [0.2, 0.25) is 0 Å². The number of piperidine rings is 1. The second-order valence-corrected chi connectivity index (χ2v) is 18.2. The van der Waals surface area contributed by atoms with Gasteiger partial charge in [0.15, 0.2) is 0 Å². The van der Waals surface area contributed by atoms with Crippen LogP contribution in [0.1, 0.15) is 104 Å². The van der Waals surface area contributed by atoms with Crippen LogP contribution in [0.5, 0.6) is 0 Å². The number of nitrogen functional groups attached to an aromatic ring is 1. The Labute approximate surface area is 408 Å². The Balaban J connectivity index is 0.000000160. The number of fused-ring (bicyclic) bond motifs is 5. The fourth-order valence-electron chi connectivity index (χ4n) is 9.73. The number of ether oxygens (including phenoxy) is 3. The minimum atomic E-state index is -1.19. The highest BCUT2D eigenvalue weighted by Gasteiger charge is 2.42. The lowest BCUT2D eigenvalue weighted by Crippen LogP contribution is -2.57. The summed E-state index contributed by atoms with van der Waals surface area (Å²) < 4.78 is 19.2. The van der Waals surface area contributed by atoms with Gasteiger partial charge in [-0.15, -0.1) is 0 Å². The number of aliphatic carboxylic acids is 1. The molecule has 9 rings (SSSR count). The van der Waals surface area contributed by atoms with E-state index in [2.05, 4.69) is 46.7 Å². The molecule has 4 aromatic carbocycles. The van der Waals surface area contributed by atoms with E-state index in [1.54, 1.807) is 30.5 Å². The number of aryl methyl sites for hydroxylation is 2. The van der Waals surface area contributed by atoms with Crippen molar-refractivity contribution in [3.8, 4) is 11.1 Å². The van der Waals surface area contributed by atoms with Crippen LogP contribution in [0.25, 0.3) is 32.9 Å². The maximum Gasteiger partial charge on any atom is 0.408 e. The monoisotopic (exact) mass is 955 g/mol. The molecule has 370 valence electrons. The number of nitrogens with two attached hydrogens (primary N) is 2. The molecule has 0 radical (unpaired) electrons. The Bertz CT molecular complexity index is 2830. The Morgan fingerprint density at radius 3 is 1.74 bits per heavy atom. The Morgan fingerprint density at radius 2 is 1.21 bits per heavy atom. The molecule has 1 aliphatic heterocycles. The van der Waals surface area contributed by atoms with Gasteiger partial charge in [0.1, 0.15) is 23.5 Å². The number of rotatable bonds is 11. The number of benzene rings is 4. The van der Waals surface area contributed by atoms with Crippen LogP contribution in [0.4, 0.5) is 16.2 Å². The molecule has 0 unspecified atom stereocenters. The number of amides is 2. The van der Waals surface area contributed by atoms with Crippen molar-refractivity contribution in [3.63, 3.8) is 0 Å². The van der Waals surface area contributed by atoms with Crippen LogP contribution in [-0.2, 0) is 37.9 Å². The SMILES string of the molecule is CCOC(=O)c1cc2cc(N)ccc2n1C.CCOC(=O)c1cc2cc(NC(=O)C3(N)CCN(CC)CC3)ccc2n1C.O=C(NC1(C(=O)O)CCCCC1)OCC1c2ccccc2-c2ccccc21. The van der Waals surface area contributed by atoms with Crippen LogP contribution >= 0.6 is 0 Å². The van der Waals surface area contributed by atoms with Crippen LogP contribution in [0.3, 0.4) is 0 Å². The van der Waals surface area contributed by atoms with Crippen molar-refractivity contribution < 1.29 is 43.3 Å². The quantitative estimate of drug-likeness (QED) is 0.0470. The van der Waals surface area contributed by atoms with Gasteiger partial charge < -0.3 is 55.5 Å². The number of carboxylic acid groups (broad SMARTS) is 1. The zero-order chi connectivity index (χ0) is 50.2. The van der Waals surface area contributed by atoms with Crippen molar-refractivity contribution >= 4 is 63.1 Å². The molecule has 16 nitrogen and oxygen atoms in total. The zero-order valence-electron chi connectivity index (χ0n) is 40.7. The summed E-state index contributed by atoms with van der Waals surface area (Å²) in [5.74, 6) is -1.82. The number of carbonyl (C=O) groups is 5. The maximum atomic E-state index is 12.8. The molecule has 3 heterocycles. The van der Waals surface area contributed by atoms with Gasteiger partial charge in [-0.1, -0.05) is 74.7 Å². The van der Waals surface area contributed by atoms with Gasteiger partial charge in [-0.2, -0.15) is 0 Å².